The maximum Gasteiger partial charge on any atom is 0.322 e. The molecule has 1 fully saturated rings. The van der Waals surface area contributed by atoms with Crippen molar-refractivity contribution in [3.05, 3.63) is 89.5 Å². The topological polar surface area (TPSA) is 771 Å². The smallest absolute Gasteiger partial charge is 0.322 e. The normalized spacial score (nSPS) is 15.5. The highest BCUT2D eigenvalue weighted by Gasteiger charge is 2.42. The number of primary amides is 2. The fraction of sp³-hybridized carbons (Fsp3) is 0.548. The number of benzene rings is 3. The summed E-state index contributed by atoms with van der Waals surface area (Å²) in [6.45, 7) is 8.25. The van der Waals surface area contributed by atoms with Crippen LogP contribution in [-0.4, -0.2) is 265 Å². The Morgan fingerprint density at radius 2 is 0.815 bits per heavy atom. The molecular weight excluding hydrogens is 1700 g/mol. The summed E-state index contributed by atoms with van der Waals surface area (Å²) < 4.78 is 0. The molecule has 31 N–H and O–H groups in total. The van der Waals surface area contributed by atoms with Gasteiger partial charge in [0.05, 0.1) is 19.0 Å². The SMILES string of the molecule is CC[C@H](C)[C@H](NC(=O)CNC(=O)[C@@H](NC(=O)[C@H](CCCCN)NC(=O)[C@H](Cc1ccc(O)cc1)NC(=O)[C@@H](NC(=O)[C@H](Cc1ccc(O)cc1)NC(=O)[C@H](CCC(N)=O)NC(=O)[C@H](CC(N)=O)NC(=O)[C@H](CCC(=O)O)NC(=O)[C@@H]1CCCN1C(=O)[C@H](CCCNC(=N)N)NC(=O)[C@@H](N)CCC(=O)O)C(C)C)[C@@H](C)CC)C(=O)N[C@@H](Cc1ccc(O)cc1)C(=O)NCC(=O)O. The van der Waals surface area contributed by atoms with Gasteiger partial charge in [0.2, 0.25) is 94.5 Å². The van der Waals surface area contributed by atoms with E-state index in [4.69, 9.17) is 39.2 Å². The third-order valence-electron chi connectivity index (χ3n) is 21.4. The van der Waals surface area contributed by atoms with Crippen LogP contribution in [0.4, 0.5) is 0 Å². The Morgan fingerprint density at radius 1 is 0.415 bits per heavy atom. The van der Waals surface area contributed by atoms with Crippen LogP contribution in [0.2, 0.25) is 0 Å². The van der Waals surface area contributed by atoms with E-state index >= 15 is 4.79 Å². The number of amides is 16. The maximum atomic E-state index is 15.0. The number of unbranched alkanes of at least 4 members (excludes halogenated alkanes) is 1. The lowest BCUT2D eigenvalue weighted by molar-refractivity contribution is -0.143. The standard InChI is InChI=1S/C84H125N21O25/c1-7-44(5)69(80(127)92-41-64(111)102-70(45(6)8-2)82(129)100-57(72(119)93-42-67(116)117)37-46-16-22-49(106)23-17-46)104-75(122)53(13-9-10-34-85)94-76(123)58(38-47-18-24-50(107)25-19-47)101-81(128)68(43(3)4)103-78(125)59(39-48-20-26-51(108)27-21-48)98-73(120)54(29-31-62(87)109)95-77(124)60(40-63(88)110)99-74(121)55(30-33-66(114)115)96-79(126)61-15-12-36-105(61)83(130)56(14-11-35-91-84(89)90)97-71(118)52(86)28-32-65(112)113/h16-27,43-45,52-61,68-70,106-108H,7-15,28-42,85-86H2,1-6H3,(H2,87,109)(H2,88,110)(H,92,127)(H,93,119)(H,94,123)(H,95,124)(H,96,126)(H,97,118)(H,98,120)(H,99,121)(H,100,129)(H,101,128)(H,102,111)(H,103,125)(H,104,122)(H,112,113)(H,114,115)(H,116,117)(H4,89,90,91)/t44-,45-,52-,53-,54-,55-,56-,57-,58-,59-,60-,61-,68-,69-,70-/m0/s1. The molecule has 0 saturated carbocycles. The molecule has 0 aromatic heterocycles. The van der Waals surface area contributed by atoms with Crippen LogP contribution >= 0.6 is 0 Å². The van der Waals surface area contributed by atoms with Crippen LogP contribution in [0, 0.1) is 23.2 Å². The van der Waals surface area contributed by atoms with Crippen LogP contribution in [0.5, 0.6) is 17.2 Å². The van der Waals surface area contributed by atoms with Crippen molar-refractivity contribution < 1.29 is 122 Å². The molecule has 3 aromatic rings. The molecule has 1 heterocycles. The molecule has 1 aliphatic heterocycles. The number of hydrogen-bond acceptors (Lipinski definition) is 25. The average Bonchev–Trinajstić information content (AvgIpc) is 1.70. The summed E-state index contributed by atoms with van der Waals surface area (Å²) in [5.41, 5.74) is 29.4. The highest BCUT2D eigenvalue weighted by atomic mass is 16.4. The molecule has 0 unspecified atom stereocenters. The third-order valence-corrected chi connectivity index (χ3v) is 21.4. The number of carbonyl (C=O) groups excluding carboxylic acids is 16. The van der Waals surface area contributed by atoms with Crippen LogP contribution < -0.4 is 103 Å². The number of hydrogen-bond donors (Lipinski definition) is 26. The highest BCUT2D eigenvalue weighted by Crippen LogP contribution is 2.23. The zero-order chi connectivity index (χ0) is 97.2. The fourth-order valence-corrected chi connectivity index (χ4v) is 13.6. The van der Waals surface area contributed by atoms with E-state index in [1.165, 1.54) is 86.6 Å². The van der Waals surface area contributed by atoms with Crippen molar-refractivity contribution in [1.82, 2.24) is 79.3 Å². The van der Waals surface area contributed by atoms with Crippen molar-refractivity contribution in [2.24, 2.45) is 46.4 Å². The molecule has 0 aliphatic carbocycles. The van der Waals surface area contributed by atoms with E-state index in [0.29, 0.717) is 24.0 Å². The summed E-state index contributed by atoms with van der Waals surface area (Å²) >= 11 is 0. The molecule has 0 bridgehead atoms. The van der Waals surface area contributed by atoms with Crippen LogP contribution in [0.15, 0.2) is 72.8 Å². The minimum absolute atomic E-state index is 0.0454. The molecule has 1 aliphatic rings. The molecule has 716 valence electrons. The molecule has 15 atom stereocenters. The predicted octanol–water partition coefficient (Wildman–Crippen LogP) is -5.19. The number of nitrogens with zero attached hydrogens (tertiary/aromatic N) is 1. The zero-order valence-corrected chi connectivity index (χ0v) is 73.4. The van der Waals surface area contributed by atoms with Gasteiger partial charge in [-0.15, -0.1) is 0 Å². The quantitative estimate of drug-likeness (QED) is 0.0143. The Labute approximate surface area is 749 Å². The van der Waals surface area contributed by atoms with E-state index in [9.17, 15) is 112 Å². The van der Waals surface area contributed by atoms with Crippen LogP contribution in [0.25, 0.3) is 0 Å². The van der Waals surface area contributed by atoms with Crippen LogP contribution in [0.1, 0.15) is 161 Å². The molecule has 4 rings (SSSR count). The van der Waals surface area contributed by atoms with Gasteiger partial charge in [-0.3, -0.25) is 96.5 Å². The van der Waals surface area contributed by atoms with Crippen molar-refractivity contribution in [2.75, 3.05) is 32.7 Å². The summed E-state index contributed by atoms with van der Waals surface area (Å²) in [4.78, 5) is 261. The van der Waals surface area contributed by atoms with Gasteiger partial charge in [-0.05, 0) is 142 Å². The number of carboxylic acids is 3. The number of nitrogens with one attached hydrogen (secondary N) is 15. The number of aromatic hydroxyl groups is 3. The van der Waals surface area contributed by atoms with E-state index in [-0.39, 0.29) is 107 Å². The number of rotatable bonds is 58. The van der Waals surface area contributed by atoms with Gasteiger partial charge in [-0.25, -0.2) is 0 Å². The molecule has 130 heavy (non-hydrogen) atoms. The number of carbonyl (C=O) groups is 19. The molecule has 46 heteroatoms. The van der Waals surface area contributed by atoms with Crippen molar-refractivity contribution >= 4 is 118 Å². The molecule has 16 amide bonds. The molecule has 3 aromatic carbocycles. The average molecular weight is 1830 g/mol. The number of nitrogens with two attached hydrogens (primary N) is 5. The van der Waals surface area contributed by atoms with Gasteiger partial charge in [-0.2, -0.15) is 0 Å². The second kappa shape index (κ2) is 55.0. The molecule has 0 radical (unpaired) electrons. The first kappa shape index (κ1) is 109. The van der Waals surface area contributed by atoms with Gasteiger partial charge in [-0.1, -0.05) is 90.8 Å². The predicted molar refractivity (Wildman–Crippen MR) is 465 cm³/mol. The zero-order valence-electron chi connectivity index (χ0n) is 73.4. The van der Waals surface area contributed by atoms with Gasteiger partial charge in [0.15, 0.2) is 5.96 Å². The molecule has 46 nitrogen and oxygen atoms in total. The van der Waals surface area contributed by atoms with Gasteiger partial charge in [0.1, 0.15) is 96.3 Å². The van der Waals surface area contributed by atoms with Crippen molar-refractivity contribution in [2.45, 2.75) is 242 Å². The lowest BCUT2D eigenvalue weighted by Gasteiger charge is -2.30. The number of aliphatic carboxylic acids is 3. The summed E-state index contributed by atoms with van der Waals surface area (Å²) in [5.74, 6) is -23.6. The summed E-state index contributed by atoms with van der Waals surface area (Å²) in [7, 11) is 0. The number of likely N-dealkylation sites (tertiary alicyclic amines) is 1. The van der Waals surface area contributed by atoms with Crippen molar-refractivity contribution in [1.29, 1.82) is 5.41 Å². The summed E-state index contributed by atoms with van der Waals surface area (Å²) in [5, 5.41) is 101. The second-order valence-corrected chi connectivity index (χ2v) is 32.1. The van der Waals surface area contributed by atoms with E-state index in [0.717, 1.165) is 4.90 Å². The Kier molecular flexibility index (Phi) is 45.9. The third kappa shape index (κ3) is 38.4. The van der Waals surface area contributed by atoms with Gasteiger partial charge < -0.3 is 139 Å². The molecule has 1 saturated heterocycles. The van der Waals surface area contributed by atoms with Crippen molar-refractivity contribution in [3.8, 4) is 17.2 Å². The molecule has 0 spiro atoms. The van der Waals surface area contributed by atoms with E-state index in [1.807, 2.05) is 0 Å². The van der Waals surface area contributed by atoms with Crippen LogP contribution in [-0.2, 0) is 110 Å². The summed E-state index contributed by atoms with van der Waals surface area (Å²) in [6.07, 6.45) is -4.52. The summed E-state index contributed by atoms with van der Waals surface area (Å²) in [6, 6.07) is -4.32. The Morgan fingerprint density at radius 3 is 1.29 bits per heavy atom. The minimum Gasteiger partial charge on any atom is -0.508 e. The number of carboxylic acid groups (broad SMARTS) is 3. The Hall–Kier alpha value is -13.8. The van der Waals surface area contributed by atoms with E-state index in [2.05, 4.69) is 74.4 Å². The van der Waals surface area contributed by atoms with Gasteiger partial charge >= 0.3 is 17.9 Å². The Bertz CT molecular complexity index is 4430. The van der Waals surface area contributed by atoms with Crippen LogP contribution in [0.3, 0.4) is 0 Å². The maximum absolute atomic E-state index is 15.0. The first-order valence-electron chi connectivity index (χ1n) is 42.6. The number of guanidine groups is 1. The second-order valence-electron chi connectivity index (χ2n) is 32.1. The van der Waals surface area contributed by atoms with E-state index < -0.39 is 273 Å². The molecular formula is C84H125N21O25. The van der Waals surface area contributed by atoms with E-state index in [1.54, 1.807) is 27.7 Å². The highest BCUT2D eigenvalue weighted by molar-refractivity contribution is 6.01. The minimum atomic E-state index is -2.07. The Balaban J connectivity index is 1.64. The lowest BCUT2D eigenvalue weighted by atomic mass is 9.96. The first-order chi connectivity index (χ1) is 61.3. The largest absolute Gasteiger partial charge is 0.508 e. The monoisotopic (exact) mass is 1830 g/mol. The van der Waals surface area contributed by atoms with Gasteiger partial charge in [0.25, 0.3) is 0 Å². The lowest BCUT2D eigenvalue weighted by Crippen LogP contribution is -2.62. The fourth-order valence-electron chi connectivity index (χ4n) is 13.6. The van der Waals surface area contributed by atoms with Gasteiger partial charge in [0, 0.05) is 51.6 Å². The number of phenols is 3. The van der Waals surface area contributed by atoms with Crippen molar-refractivity contribution in [3.63, 3.8) is 0 Å². The first-order valence-corrected chi connectivity index (χ1v) is 42.6. The number of phenolic OH excluding ortho intramolecular Hbond substituents is 3.